The first-order valence-corrected chi connectivity index (χ1v) is 6.87. The SMILES string of the molecule is O=C(Cc1ccc2c(c1)CCC2)Nc1cccc(F)c1. The third-order valence-electron chi connectivity index (χ3n) is 3.64. The van der Waals surface area contributed by atoms with Crippen molar-refractivity contribution in [2.24, 2.45) is 0 Å². The molecule has 0 heterocycles. The topological polar surface area (TPSA) is 29.1 Å². The van der Waals surface area contributed by atoms with E-state index in [9.17, 15) is 9.18 Å². The number of fused-ring (bicyclic) bond motifs is 1. The van der Waals surface area contributed by atoms with Crippen LogP contribution in [0, 0.1) is 5.82 Å². The summed E-state index contributed by atoms with van der Waals surface area (Å²) in [6.07, 6.45) is 3.78. The van der Waals surface area contributed by atoms with Gasteiger partial charge in [0.15, 0.2) is 0 Å². The van der Waals surface area contributed by atoms with Crippen LogP contribution in [0.5, 0.6) is 0 Å². The van der Waals surface area contributed by atoms with Gasteiger partial charge in [0.05, 0.1) is 6.42 Å². The highest BCUT2D eigenvalue weighted by molar-refractivity contribution is 5.92. The fourth-order valence-corrected chi connectivity index (χ4v) is 2.69. The fourth-order valence-electron chi connectivity index (χ4n) is 2.69. The maximum Gasteiger partial charge on any atom is 0.228 e. The highest BCUT2D eigenvalue weighted by Gasteiger charge is 2.12. The van der Waals surface area contributed by atoms with Crippen LogP contribution in [0.4, 0.5) is 10.1 Å². The van der Waals surface area contributed by atoms with Gasteiger partial charge in [0.25, 0.3) is 0 Å². The van der Waals surface area contributed by atoms with Crippen molar-refractivity contribution in [3.63, 3.8) is 0 Å². The van der Waals surface area contributed by atoms with Gasteiger partial charge < -0.3 is 5.32 Å². The van der Waals surface area contributed by atoms with Crippen LogP contribution in [0.15, 0.2) is 42.5 Å². The summed E-state index contributed by atoms with van der Waals surface area (Å²) in [5, 5.41) is 2.72. The summed E-state index contributed by atoms with van der Waals surface area (Å²) in [6, 6.07) is 12.2. The number of rotatable bonds is 3. The standard InChI is InChI=1S/C17H16FNO/c18-15-5-2-6-16(11-15)19-17(20)10-12-7-8-13-3-1-4-14(13)9-12/h2,5-9,11H,1,3-4,10H2,(H,19,20). The molecule has 0 bridgehead atoms. The second-order valence-corrected chi connectivity index (χ2v) is 5.19. The number of anilines is 1. The molecule has 0 radical (unpaired) electrons. The van der Waals surface area contributed by atoms with Crippen molar-refractivity contribution >= 4 is 11.6 Å². The number of halogens is 1. The van der Waals surface area contributed by atoms with E-state index >= 15 is 0 Å². The first-order valence-electron chi connectivity index (χ1n) is 6.87. The molecule has 0 aliphatic heterocycles. The Morgan fingerprint density at radius 3 is 2.80 bits per heavy atom. The molecule has 0 spiro atoms. The van der Waals surface area contributed by atoms with E-state index in [1.807, 2.05) is 6.07 Å². The molecule has 0 saturated heterocycles. The first-order chi connectivity index (χ1) is 9.70. The van der Waals surface area contributed by atoms with E-state index in [4.69, 9.17) is 0 Å². The van der Waals surface area contributed by atoms with Crippen molar-refractivity contribution in [2.45, 2.75) is 25.7 Å². The zero-order valence-corrected chi connectivity index (χ0v) is 11.2. The monoisotopic (exact) mass is 269 g/mol. The van der Waals surface area contributed by atoms with Gasteiger partial charge in [-0.05, 0) is 54.2 Å². The number of hydrogen-bond donors (Lipinski definition) is 1. The lowest BCUT2D eigenvalue weighted by molar-refractivity contribution is -0.115. The van der Waals surface area contributed by atoms with Crippen LogP contribution in [0.3, 0.4) is 0 Å². The zero-order chi connectivity index (χ0) is 13.9. The molecular formula is C17H16FNO. The van der Waals surface area contributed by atoms with E-state index in [0.29, 0.717) is 12.1 Å². The van der Waals surface area contributed by atoms with Gasteiger partial charge in [0, 0.05) is 5.69 Å². The molecule has 0 atom stereocenters. The van der Waals surface area contributed by atoms with Gasteiger partial charge in [-0.15, -0.1) is 0 Å². The number of hydrogen-bond acceptors (Lipinski definition) is 1. The number of amides is 1. The molecule has 3 rings (SSSR count). The van der Waals surface area contributed by atoms with Crippen LogP contribution in [0.2, 0.25) is 0 Å². The van der Waals surface area contributed by atoms with Gasteiger partial charge >= 0.3 is 0 Å². The van der Waals surface area contributed by atoms with Crippen LogP contribution in [-0.2, 0) is 24.1 Å². The summed E-state index contributed by atoms with van der Waals surface area (Å²) in [7, 11) is 0. The van der Waals surface area contributed by atoms with Crippen LogP contribution in [0.25, 0.3) is 0 Å². The minimum absolute atomic E-state index is 0.117. The molecule has 102 valence electrons. The van der Waals surface area contributed by atoms with E-state index in [2.05, 4.69) is 17.4 Å². The van der Waals surface area contributed by atoms with E-state index in [1.165, 1.54) is 29.7 Å². The highest BCUT2D eigenvalue weighted by atomic mass is 19.1. The van der Waals surface area contributed by atoms with E-state index in [0.717, 1.165) is 18.4 Å². The van der Waals surface area contributed by atoms with Gasteiger partial charge in [-0.3, -0.25) is 4.79 Å². The van der Waals surface area contributed by atoms with Gasteiger partial charge in [-0.1, -0.05) is 24.3 Å². The second-order valence-electron chi connectivity index (χ2n) is 5.19. The first kappa shape index (κ1) is 12.9. The largest absolute Gasteiger partial charge is 0.326 e. The van der Waals surface area contributed by atoms with E-state index in [-0.39, 0.29) is 11.7 Å². The minimum atomic E-state index is -0.347. The van der Waals surface area contributed by atoms with Gasteiger partial charge in [0.2, 0.25) is 5.91 Å². The number of benzene rings is 2. The minimum Gasteiger partial charge on any atom is -0.326 e. The molecular weight excluding hydrogens is 253 g/mol. The van der Waals surface area contributed by atoms with Crippen molar-refractivity contribution in [3.05, 3.63) is 65.0 Å². The van der Waals surface area contributed by atoms with Gasteiger partial charge in [-0.25, -0.2) is 4.39 Å². The smallest absolute Gasteiger partial charge is 0.228 e. The molecule has 2 nitrogen and oxygen atoms in total. The van der Waals surface area contributed by atoms with Crippen molar-refractivity contribution in [1.82, 2.24) is 0 Å². The molecule has 2 aromatic carbocycles. The zero-order valence-electron chi connectivity index (χ0n) is 11.2. The van der Waals surface area contributed by atoms with Crippen molar-refractivity contribution in [2.75, 3.05) is 5.32 Å². The summed E-state index contributed by atoms with van der Waals surface area (Å²) in [5.74, 6) is -0.464. The fraction of sp³-hybridized carbons (Fsp3) is 0.235. The molecule has 2 aromatic rings. The molecule has 1 N–H and O–H groups in total. The number of carbonyl (C=O) groups excluding carboxylic acids is 1. The van der Waals surface area contributed by atoms with Crippen LogP contribution < -0.4 is 5.32 Å². The van der Waals surface area contributed by atoms with Crippen molar-refractivity contribution in [3.8, 4) is 0 Å². The second kappa shape index (κ2) is 5.45. The quantitative estimate of drug-likeness (QED) is 0.908. The third-order valence-corrected chi connectivity index (χ3v) is 3.64. The van der Waals surface area contributed by atoms with Gasteiger partial charge in [-0.2, -0.15) is 0 Å². The molecule has 0 fully saturated rings. The number of carbonyl (C=O) groups is 1. The maximum absolute atomic E-state index is 13.0. The van der Waals surface area contributed by atoms with Crippen molar-refractivity contribution < 1.29 is 9.18 Å². The van der Waals surface area contributed by atoms with E-state index < -0.39 is 0 Å². The molecule has 1 aliphatic carbocycles. The molecule has 0 aromatic heterocycles. The Kier molecular flexibility index (Phi) is 3.50. The summed E-state index contributed by atoms with van der Waals surface area (Å²) >= 11 is 0. The molecule has 3 heteroatoms. The average Bonchev–Trinajstić information content (AvgIpc) is 2.86. The normalized spacial score (nSPS) is 13.1. The lowest BCUT2D eigenvalue weighted by Gasteiger charge is -2.07. The van der Waals surface area contributed by atoms with Crippen molar-refractivity contribution in [1.29, 1.82) is 0 Å². The Bertz CT molecular complexity index is 651. The molecule has 1 aliphatic rings. The lowest BCUT2D eigenvalue weighted by atomic mass is 10.0. The Morgan fingerprint density at radius 1 is 1.10 bits per heavy atom. The lowest BCUT2D eigenvalue weighted by Crippen LogP contribution is -2.14. The number of nitrogens with one attached hydrogen (secondary N) is 1. The maximum atomic E-state index is 13.0. The van der Waals surface area contributed by atoms with Crippen LogP contribution in [-0.4, -0.2) is 5.91 Å². The van der Waals surface area contributed by atoms with Crippen LogP contribution >= 0.6 is 0 Å². The molecule has 20 heavy (non-hydrogen) atoms. The predicted molar refractivity (Wildman–Crippen MR) is 77.2 cm³/mol. The third kappa shape index (κ3) is 2.87. The Hall–Kier alpha value is -2.16. The summed E-state index contributed by atoms with van der Waals surface area (Å²) in [4.78, 5) is 12.0. The molecule has 1 amide bonds. The Labute approximate surface area is 117 Å². The number of aryl methyl sites for hydroxylation is 2. The average molecular weight is 269 g/mol. The Balaban J connectivity index is 1.67. The van der Waals surface area contributed by atoms with E-state index in [1.54, 1.807) is 12.1 Å². The predicted octanol–water partition coefficient (Wildman–Crippen LogP) is 3.50. The molecule has 0 saturated carbocycles. The molecule has 0 unspecified atom stereocenters. The Morgan fingerprint density at radius 2 is 1.95 bits per heavy atom. The summed E-state index contributed by atoms with van der Waals surface area (Å²) in [5.41, 5.74) is 4.27. The van der Waals surface area contributed by atoms with Gasteiger partial charge in [0.1, 0.15) is 5.82 Å². The summed E-state index contributed by atoms with van der Waals surface area (Å²) in [6.45, 7) is 0. The highest BCUT2D eigenvalue weighted by Crippen LogP contribution is 2.23. The summed E-state index contributed by atoms with van der Waals surface area (Å²) < 4.78 is 13.0. The van der Waals surface area contributed by atoms with Crippen LogP contribution in [0.1, 0.15) is 23.1 Å².